The van der Waals surface area contributed by atoms with Gasteiger partial charge in [-0.2, -0.15) is 0 Å². The Morgan fingerprint density at radius 1 is 1.14 bits per heavy atom. The van der Waals surface area contributed by atoms with Gasteiger partial charge in [0, 0.05) is 18.5 Å². The molecule has 1 atom stereocenters. The van der Waals surface area contributed by atoms with Gasteiger partial charge in [-0.15, -0.1) is 0 Å². The van der Waals surface area contributed by atoms with Crippen molar-refractivity contribution in [1.82, 2.24) is 4.90 Å². The van der Waals surface area contributed by atoms with Gasteiger partial charge >= 0.3 is 0 Å². The highest BCUT2D eigenvalue weighted by Crippen LogP contribution is 2.30. The van der Waals surface area contributed by atoms with Crippen molar-refractivity contribution >= 4 is 11.7 Å². The summed E-state index contributed by atoms with van der Waals surface area (Å²) < 4.78 is 0. The van der Waals surface area contributed by atoms with Gasteiger partial charge in [-0.1, -0.05) is 56.5 Å². The van der Waals surface area contributed by atoms with Crippen LogP contribution in [0.15, 0.2) is 30.3 Å². The standard InChI is InChI=1S/C18H25NO2/c1-14(15-9-5-3-6-10-15)18(21)19(2)13-17(20)16-11-7-4-8-12-16/h4,7-8,11-12,14-15H,3,5-6,9-10,13H2,1-2H3/t14-/m0/s1. The fraction of sp³-hybridized carbons (Fsp3) is 0.556. The topological polar surface area (TPSA) is 37.4 Å². The summed E-state index contributed by atoms with van der Waals surface area (Å²) in [6.07, 6.45) is 6.05. The number of ketones is 1. The average molecular weight is 287 g/mol. The van der Waals surface area contributed by atoms with Gasteiger partial charge in [0.1, 0.15) is 0 Å². The first-order valence-corrected chi connectivity index (χ1v) is 7.93. The van der Waals surface area contributed by atoms with Gasteiger partial charge in [-0.25, -0.2) is 0 Å². The monoisotopic (exact) mass is 287 g/mol. The zero-order chi connectivity index (χ0) is 15.2. The lowest BCUT2D eigenvalue weighted by molar-refractivity contribution is -0.135. The molecule has 3 heteroatoms. The summed E-state index contributed by atoms with van der Waals surface area (Å²) in [6, 6.07) is 9.17. The van der Waals surface area contributed by atoms with Crippen molar-refractivity contribution in [2.75, 3.05) is 13.6 Å². The maximum atomic E-state index is 12.5. The lowest BCUT2D eigenvalue weighted by Crippen LogP contribution is -2.38. The Morgan fingerprint density at radius 3 is 2.38 bits per heavy atom. The molecule has 0 spiro atoms. The zero-order valence-electron chi connectivity index (χ0n) is 13.0. The molecule has 1 amide bonds. The first-order chi connectivity index (χ1) is 10.1. The predicted octanol–water partition coefficient (Wildman–Crippen LogP) is 3.54. The van der Waals surface area contributed by atoms with E-state index in [1.165, 1.54) is 19.3 Å². The third-order valence-electron chi connectivity index (χ3n) is 4.60. The molecule has 0 radical (unpaired) electrons. The van der Waals surface area contributed by atoms with Gasteiger partial charge in [0.25, 0.3) is 0 Å². The van der Waals surface area contributed by atoms with Crippen LogP contribution in [-0.4, -0.2) is 30.2 Å². The van der Waals surface area contributed by atoms with Crippen molar-refractivity contribution < 1.29 is 9.59 Å². The van der Waals surface area contributed by atoms with E-state index < -0.39 is 0 Å². The second-order valence-corrected chi connectivity index (χ2v) is 6.17. The number of hydrogen-bond donors (Lipinski definition) is 0. The van der Waals surface area contributed by atoms with Crippen LogP contribution in [-0.2, 0) is 4.79 Å². The van der Waals surface area contributed by atoms with Crippen molar-refractivity contribution in [2.45, 2.75) is 39.0 Å². The van der Waals surface area contributed by atoms with Crippen LogP contribution in [0.3, 0.4) is 0 Å². The van der Waals surface area contributed by atoms with Crippen LogP contribution in [0.2, 0.25) is 0 Å². The highest BCUT2D eigenvalue weighted by Gasteiger charge is 2.28. The summed E-state index contributed by atoms with van der Waals surface area (Å²) in [6.45, 7) is 2.18. The minimum absolute atomic E-state index is 0.00212. The number of Topliss-reactive ketones (excluding diaryl/α,β-unsaturated/α-hetero) is 1. The molecular formula is C18H25NO2. The average Bonchev–Trinajstić information content (AvgIpc) is 2.55. The van der Waals surface area contributed by atoms with Gasteiger partial charge in [0.05, 0.1) is 6.54 Å². The molecule has 21 heavy (non-hydrogen) atoms. The lowest BCUT2D eigenvalue weighted by Gasteiger charge is -2.29. The van der Waals surface area contributed by atoms with Crippen LogP contribution >= 0.6 is 0 Å². The van der Waals surface area contributed by atoms with E-state index in [0.717, 1.165) is 12.8 Å². The smallest absolute Gasteiger partial charge is 0.225 e. The molecule has 1 fully saturated rings. The predicted molar refractivity (Wildman–Crippen MR) is 84.1 cm³/mol. The third kappa shape index (κ3) is 4.16. The lowest BCUT2D eigenvalue weighted by atomic mass is 9.80. The second kappa shape index (κ2) is 7.39. The third-order valence-corrected chi connectivity index (χ3v) is 4.60. The number of carbonyl (C=O) groups excluding carboxylic acids is 2. The number of likely N-dealkylation sites (N-methyl/N-ethyl adjacent to an activating group) is 1. The molecule has 0 aliphatic heterocycles. The van der Waals surface area contributed by atoms with E-state index in [9.17, 15) is 9.59 Å². The fourth-order valence-electron chi connectivity index (χ4n) is 3.19. The molecule has 1 aliphatic carbocycles. The molecule has 0 bridgehead atoms. The zero-order valence-corrected chi connectivity index (χ0v) is 13.0. The Balaban J connectivity index is 1.91. The van der Waals surface area contributed by atoms with E-state index in [2.05, 4.69) is 0 Å². The van der Waals surface area contributed by atoms with Crippen molar-refractivity contribution in [2.24, 2.45) is 11.8 Å². The Morgan fingerprint density at radius 2 is 1.76 bits per heavy atom. The van der Waals surface area contributed by atoms with Gasteiger partial charge in [-0.3, -0.25) is 9.59 Å². The van der Waals surface area contributed by atoms with Gasteiger partial charge in [-0.05, 0) is 18.8 Å². The molecule has 0 heterocycles. The Hall–Kier alpha value is -1.64. The van der Waals surface area contributed by atoms with E-state index in [0.29, 0.717) is 11.5 Å². The molecule has 1 aromatic rings. The fourth-order valence-corrected chi connectivity index (χ4v) is 3.19. The number of benzene rings is 1. The summed E-state index contributed by atoms with van der Waals surface area (Å²) in [5.74, 6) is 0.618. The number of rotatable bonds is 5. The Kier molecular flexibility index (Phi) is 5.54. The number of nitrogens with zero attached hydrogens (tertiary/aromatic N) is 1. The van der Waals surface area contributed by atoms with Crippen LogP contribution in [0, 0.1) is 11.8 Å². The molecule has 1 aliphatic rings. The van der Waals surface area contributed by atoms with Gasteiger partial charge in [0.15, 0.2) is 5.78 Å². The quantitative estimate of drug-likeness (QED) is 0.777. The first-order valence-electron chi connectivity index (χ1n) is 7.93. The van der Waals surface area contributed by atoms with Crippen LogP contribution in [0.4, 0.5) is 0 Å². The van der Waals surface area contributed by atoms with Crippen molar-refractivity contribution in [3.63, 3.8) is 0 Å². The second-order valence-electron chi connectivity index (χ2n) is 6.17. The highest BCUT2D eigenvalue weighted by molar-refractivity contribution is 5.99. The van der Waals surface area contributed by atoms with Crippen molar-refractivity contribution in [1.29, 1.82) is 0 Å². The van der Waals surface area contributed by atoms with Crippen LogP contribution in [0.25, 0.3) is 0 Å². The van der Waals surface area contributed by atoms with E-state index in [-0.39, 0.29) is 24.2 Å². The summed E-state index contributed by atoms with van der Waals surface area (Å²) >= 11 is 0. The van der Waals surface area contributed by atoms with E-state index in [1.54, 1.807) is 24.1 Å². The largest absolute Gasteiger partial charge is 0.338 e. The number of carbonyl (C=O) groups is 2. The molecule has 3 nitrogen and oxygen atoms in total. The molecule has 0 saturated heterocycles. The summed E-state index contributed by atoms with van der Waals surface area (Å²) in [5.41, 5.74) is 0.669. The van der Waals surface area contributed by atoms with Gasteiger partial charge in [0.2, 0.25) is 5.91 Å². The maximum absolute atomic E-state index is 12.5. The minimum atomic E-state index is 0.00212. The molecule has 2 rings (SSSR count). The SMILES string of the molecule is C[C@H](C(=O)N(C)CC(=O)c1ccccc1)C1CCCCC1. The minimum Gasteiger partial charge on any atom is -0.338 e. The first kappa shape index (κ1) is 15.7. The molecule has 0 unspecified atom stereocenters. The van der Waals surface area contributed by atoms with E-state index in [4.69, 9.17) is 0 Å². The van der Waals surface area contributed by atoms with E-state index >= 15 is 0 Å². The van der Waals surface area contributed by atoms with E-state index in [1.807, 2.05) is 25.1 Å². The normalized spacial score (nSPS) is 17.2. The van der Waals surface area contributed by atoms with Crippen LogP contribution in [0.5, 0.6) is 0 Å². The summed E-state index contributed by atoms with van der Waals surface area (Å²) in [7, 11) is 1.74. The number of amides is 1. The molecule has 0 N–H and O–H groups in total. The van der Waals surface area contributed by atoms with Gasteiger partial charge < -0.3 is 4.90 Å². The Labute approximate surface area is 127 Å². The van der Waals surface area contributed by atoms with Crippen LogP contribution < -0.4 is 0 Å². The summed E-state index contributed by atoms with van der Waals surface area (Å²) in [4.78, 5) is 26.2. The molecule has 1 saturated carbocycles. The van der Waals surface area contributed by atoms with Crippen molar-refractivity contribution in [3.05, 3.63) is 35.9 Å². The highest BCUT2D eigenvalue weighted by atomic mass is 16.2. The maximum Gasteiger partial charge on any atom is 0.225 e. The molecular weight excluding hydrogens is 262 g/mol. The summed E-state index contributed by atoms with van der Waals surface area (Å²) in [5, 5.41) is 0. The Bertz CT molecular complexity index is 477. The molecule has 0 aromatic heterocycles. The molecule has 114 valence electrons. The number of hydrogen-bond acceptors (Lipinski definition) is 2. The van der Waals surface area contributed by atoms with Crippen LogP contribution in [0.1, 0.15) is 49.4 Å². The molecule has 1 aromatic carbocycles. The van der Waals surface area contributed by atoms with Crippen molar-refractivity contribution in [3.8, 4) is 0 Å².